The summed E-state index contributed by atoms with van der Waals surface area (Å²) in [5.41, 5.74) is 2.51. The first kappa shape index (κ1) is 14.9. The van der Waals surface area contributed by atoms with E-state index in [2.05, 4.69) is 32.3 Å². The summed E-state index contributed by atoms with van der Waals surface area (Å²) in [5, 5.41) is 3.95. The van der Waals surface area contributed by atoms with Crippen molar-refractivity contribution in [2.24, 2.45) is 0 Å². The van der Waals surface area contributed by atoms with Crippen molar-refractivity contribution in [3.05, 3.63) is 54.6 Å². The molecule has 1 aromatic heterocycles. The Morgan fingerprint density at radius 3 is 2.50 bits per heavy atom. The lowest BCUT2D eigenvalue weighted by Gasteiger charge is -2.28. The van der Waals surface area contributed by atoms with Gasteiger partial charge in [0, 0.05) is 29.9 Å². The van der Waals surface area contributed by atoms with Crippen LogP contribution in [-0.4, -0.2) is 23.1 Å². The molecular formula is C19H19FN4. The van der Waals surface area contributed by atoms with Crippen LogP contribution < -0.4 is 10.2 Å². The second-order valence-corrected chi connectivity index (χ2v) is 6.08. The molecule has 1 saturated heterocycles. The Hall–Kier alpha value is -2.69. The number of nitrogens with one attached hydrogen (secondary N) is 1. The van der Waals surface area contributed by atoms with Gasteiger partial charge in [-0.2, -0.15) is 0 Å². The maximum absolute atomic E-state index is 13.8. The lowest BCUT2D eigenvalue weighted by molar-refractivity contribution is 0.578. The molecule has 24 heavy (non-hydrogen) atoms. The van der Waals surface area contributed by atoms with E-state index in [0.717, 1.165) is 18.8 Å². The summed E-state index contributed by atoms with van der Waals surface area (Å²) >= 11 is 0. The molecule has 122 valence electrons. The van der Waals surface area contributed by atoms with Gasteiger partial charge in [0.2, 0.25) is 0 Å². The number of para-hydroxylation sites is 1. The Morgan fingerprint density at radius 2 is 1.71 bits per heavy atom. The molecule has 0 unspecified atom stereocenters. The topological polar surface area (TPSA) is 41.0 Å². The number of hydrogen-bond donors (Lipinski definition) is 1. The molecule has 2 heterocycles. The minimum Gasteiger partial charge on any atom is -0.372 e. The van der Waals surface area contributed by atoms with Gasteiger partial charge in [-0.1, -0.05) is 6.07 Å². The third-order valence-corrected chi connectivity index (χ3v) is 4.47. The third-order valence-electron chi connectivity index (χ3n) is 4.47. The lowest BCUT2D eigenvalue weighted by Crippen LogP contribution is -2.29. The van der Waals surface area contributed by atoms with Crippen molar-refractivity contribution in [2.45, 2.75) is 19.3 Å². The van der Waals surface area contributed by atoms with Crippen LogP contribution in [0.15, 0.2) is 48.8 Å². The highest BCUT2D eigenvalue weighted by Gasteiger charge is 2.11. The highest BCUT2D eigenvalue weighted by Crippen LogP contribution is 2.26. The monoisotopic (exact) mass is 322 g/mol. The number of benzene rings is 2. The molecule has 4 nitrogen and oxygen atoms in total. The van der Waals surface area contributed by atoms with Gasteiger partial charge in [0.05, 0.1) is 0 Å². The zero-order chi connectivity index (χ0) is 16.4. The summed E-state index contributed by atoms with van der Waals surface area (Å²) in [6.45, 7) is 2.26. The molecule has 0 aliphatic carbocycles. The molecule has 0 amide bonds. The van der Waals surface area contributed by atoms with Gasteiger partial charge in [-0.25, -0.2) is 14.4 Å². The van der Waals surface area contributed by atoms with E-state index in [0.29, 0.717) is 16.7 Å². The first-order chi connectivity index (χ1) is 11.8. The normalized spacial score (nSPS) is 14.8. The molecule has 2 aromatic carbocycles. The first-order valence-corrected chi connectivity index (χ1v) is 8.32. The van der Waals surface area contributed by atoms with E-state index in [9.17, 15) is 4.39 Å². The predicted molar refractivity (Wildman–Crippen MR) is 95.3 cm³/mol. The number of anilines is 3. The molecule has 0 radical (unpaired) electrons. The number of fused-ring (bicyclic) bond motifs is 1. The van der Waals surface area contributed by atoms with Crippen molar-refractivity contribution in [1.82, 2.24) is 9.97 Å². The zero-order valence-electron chi connectivity index (χ0n) is 13.4. The Balaban J connectivity index is 1.58. The molecular weight excluding hydrogens is 303 g/mol. The van der Waals surface area contributed by atoms with Crippen molar-refractivity contribution in [1.29, 1.82) is 0 Å². The average Bonchev–Trinajstić information content (AvgIpc) is 2.64. The van der Waals surface area contributed by atoms with E-state index >= 15 is 0 Å². The number of piperidine rings is 1. The fraction of sp³-hybridized carbons (Fsp3) is 0.263. The first-order valence-electron chi connectivity index (χ1n) is 8.32. The Morgan fingerprint density at radius 1 is 0.917 bits per heavy atom. The molecule has 1 aliphatic rings. The predicted octanol–water partition coefficient (Wildman–Crippen LogP) is 4.50. The standard InChI is InChI=1S/C19H19FN4/c20-17-6-4-5-16-18(17)21-13-22-19(16)23-14-7-9-15(10-8-14)24-11-2-1-3-12-24/h4-10,13H,1-3,11-12H2,(H,21,22,23). The highest BCUT2D eigenvalue weighted by atomic mass is 19.1. The summed E-state index contributed by atoms with van der Waals surface area (Å²) in [5.74, 6) is 0.281. The minimum absolute atomic E-state index is 0.333. The largest absolute Gasteiger partial charge is 0.372 e. The van der Waals surface area contributed by atoms with Crippen LogP contribution in [-0.2, 0) is 0 Å². The fourth-order valence-corrected chi connectivity index (χ4v) is 3.20. The van der Waals surface area contributed by atoms with Crippen LogP contribution >= 0.6 is 0 Å². The third kappa shape index (κ3) is 2.89. The molecule has 4 rings (SSSR count). The molecule has 0 saturated carbocycles. The van der Waals surface area contributed by atoms with E-state index < -0.39 is 0 Å². The maximum Gasteiger partial charge on any atom is 0.149 e. The van der Waals surface area contributed by atoms with E-state index in [1.165, 1.54) is 37.3 Å². The number of rotatable bonds is 3. The van der Waals surface area contributed by atoms with Gasteiger partial charge in [-0.05, 0) is 55.7 Å². The second-order valence-electron chi connectivity index (χ2n) is 6.08. The van der Waals surface area contributed by atoms with Gasteiger partial charge in [0.25, 0.3) is 0 Å². The van der Waals surface area contributed by atoms with Gasteiger partial charge in [0.1, 0.15) is 23.5 Å². The van der Waals surface area contributed by atoms with Crippen molar-refractivity contribution < 1.29 is 4.39 Å². The number of aromatic nitrogens is 2. The molecule has 0 spiro atoms. The summed E-state index contributed by atoms with van der Waals surface area (Å²) in [4.78, 5) is 10.7. The maximum atomic E-state index is 13.8. The van der Waals surface area contributed by atoms with Crippen molar-refractivity contribution in [3.63, 3.8) is 0 Å². The van der Waals surface area contributed by atoms with Crippen LogP contribution in [0.1, 0.15) is 19.3 Å². The van der Waals surface area contributed by atoms with E-state index in [-0.39, 0.29) is 5.82 Å². The van der Waals surface area contributed by atoms with Crippen LogP contribution in [0.4, 0.5) is 21.6 Å². The Bertz CT molecular complexity index is 842. The summed E-state index contributed by atoms with van der Waals surface area (Å²) in [6, 6.07) is 13.2. The number of nitrogens with zero attached hydrogens (tertiary/aromatic N) is 3. The summed E-state index contributed by atoms with van der Waals surface area (Å²) < 4.78 is 13.8. The van der Waals surface area contributed by atoms with E-state index in [1.54, 1.807) is 6.07 Å². The highest BCUT2D eigenvalue weighted by molar-refractivity contribution is 5.90. The molecule has 5 heteroatoms. The van der Waals surface area contributed by atoms with Crippen LogP contribution in [0.3, 0.4) is 0 Å². The van der Waals surface area contributed by atoms with Gasteiger partial charge >= 0.3 is 0 Å². The molecule has 0 atom stereocenters. The number of halogens is 1. The molecule has 3 aromatic rings. The number of hydrogen-bond acceptors (Lipinski definition) is 4. The SMILES string of the molecule is Fc1cccc2c(Nc3ccc(N4CCCCC4)cc3)ncnc12. The zero-order valence-corrected chi connectivity index (χ0v) is 13.4. The quantitative estimate of drug-likeness (QED) is 0.770. The smallest absolute Gasteiger partial charge is 0.149 e. The molecule has 1 aliphatic heterocycles. The molecule has 0 bridgehead atoms. The molecule has 1 fully saturated rings. The van der Waals surface area contributed by atoms with Crippen LogP contribution in [0.2, 0.25) is 0 Å². The molecule has 1 N–H and O–H groups in total. The van der Waals surface area contributed by atoms with Gasteiger partial charge in [0.15, 0.2) is 0 Å². The van der Waals surface area contributed by atoms with Gasteiger partial charge < -0.3 is 10.2 Å². The van der Waals surface area contributed by atoms with E-state index in [4.69, 9.17) is 0 Å². The average molecular weight is 322 g/mol. The summed E-state index contributed by atoms with van der Waals surface area (Å²) in [7, 11) is 0. The van der Waals surface area contributed by atoms with Crippen molar-refractivity contribution in [3.8, 4) is 0 Å². The minimum atomic E-state index is -0.335. The van der Waals surface area contributed by atoms with Crippen LogP contribution in [0.25, 0.3) is 10.9 Å². The van der Waals surface area contributed by atoms with E-state index in [1.807, 2.05) is 18.2 Å². The van der Waals surface area contributed by atoms with Crippen molar-refractivity contribution >= 4 is 28.1 Å². The summed E-state index contributed by atoms with van der Waals surface area (Å²) in [6.07, 6.45) is 5.24. The Labute approximate surface area is 140 Å². The fourth-order valence-electron chi connectivity index (χ4n) is 3.20. The Kier molecular flexibility index (Phi) is 3.99. The van der Waals surface area contributed by atoms with Crippen molar-refractivity contribution in [2.75, 3.05) is 23.3 Å². The lowest BCUT2D eigenvalue weighted by atomic mass is 10.1. The van der Waals surface area contributed by atoms with Crippen LogP contribution in [0.5, 0.6) is 0 Å². The van der Waals surface area contributed by atoms with Gasteiger partial charge in [-0.3, -0.25) is 0 Å². The van der Waals surface area contributed by atoms with Gasteiger partial charge in [-0.15, -0.1) is 0 Å². The second kappa shape index (κ2) is 6.43. The van der Waals surface area contributed by atoms with Crippen LogP contribution in [0, 0.1) is 5.82 Å².